The van der Waals surface area contributed by atoms with Crippen molar-refractivity contribution in [1.29, 1.82) is 0 Å². The van der Waals surface area contributed by atoms with Crippen LogP contribution in [0, 0.1) is 40.4 Å². The van der Waals surface area contributed by atoms with Crippen LogP contribution in [0.15, 0.2) is 12.4 Å². The summed E-state index contributed by atoms with van der Waals surface area (Å²) in [5.41, 5.74) is 0.0411. The second-order valence-electron chi connectivity index (χ2n) is 11.9. The van der Waals surface area contributed by atoms with Gasteiger partial charge in [0.15, 0.2) is 5.78 Å². The zero-order valence-corrected chi connectivity index (χ0v) is 19.5. The third-order valence-corrected chi connectivity index (χ3v) is 10.5. The van der Waals surface area contributed by atoms with E-state index in [2.05, 4.69) is 18.9 Å². The van der Waals surface area contributed by atoms with Crippen LogP contribution in [0.2, 0.25) is 5.02 Å². The summed E-state index contributed by atoms with van der Waals surface area (Å²) in [4.78, 5) is 13.3. The molecular weight excluding hydrogens is 396 g/mol. The Morgan fingerprint density at radius 1 is 1.10 bits per heavy atom. The molecular formula is C25H37ClN2O2. The fourth-order valence-electron chi connectivity index (χ4n) is 8.65. The Balaban J connectivity index is 1.34. The number of carbonyl (C=O) groups excluding carboxylic acids is 1. The van der Waals surface area contributed by atoms with Crippen LogP contribution >= 0.6 is 11.6 Å². The number of hydrogen-bond acceptors (Lipinski definition) is 3. The Morgan fingerprint density at radius 3 is 2.60 bits per heavy atom. The minimum absolute atomic E-state index is 0.137. The van der Waals surface area contributed by atoms with E-state index in [9.17, 15) is 9.90 Å². The van der Waals surface area contributed by atoms with Gasteiger partial charge in [-0.05, 0) is 99.2 Å². The van der Waals surface area contributed by atoms with Gasteiger partial charge in [0, 0.05) is 12.1 Å². The highest BCUT2D eigenvalue weighted by Gasteiger charge is 2.61. The molecule has 5 rings (SSSR count). The monoisotopic (exact) mass is 432 g/mol. The van der Waals surface area contributed by atoms with Crippen LogP contribution in [0.25, 0.3) is 0 Å². The molecule has 1 heterocycles. The van der Waals surface area contributed by atoms with E-state index < -0.39 is 5.60 Å². The van der Waals surface area contributed by atoms with E-state index in [0.717, 1.165) is 37.5 Å². The average molecular weight is 433 g/mol. The van der Waals surface area contributed by atoms with Gasteiger partial charge in [-0.15, -0.1) is 0 Å². The summed E-state index contributed by atoms with van der Waals surface area (Å²) in [5.74, 6) is 3.35. The summed E-state index contributed by atoms with van der Waals surface area (Å²) in [6.07, 6.45) is 13.7. The van der Waals surface area contributed by atoms with Gasteiger partial charge in [0.2, 0.25) is 0 Å². The number of ketones is 1. The van der Waals surface area contributed by atoms with Crippen LogP contribution in [0.1, 0.15) is 78.6 Å². The van der Waals surface area contributed by atoms with Crippen LogP contribution in [-0.2, 0) is 11.3 Å². The van der Waals surface area contributed by atoms with Crippen LogP contribution < -0.4 is 0 Å². The van der Waals surface area contributed by atoms with Gasteiger partial charge in [0.1, 0.15) is 0 Å². The second-order valence-corrected chi connectivity index (χ2v) is 12.3. The molecule has 4 aliphatic carbocycles. The Morgan fingerprint density at radius 2 is 1.87 bits per heavy atom. The Bertz CT molecular complexity index is 835. The summed E-state index contributed by atoms with van der Waals surface area (Å²) >= 11 is 5.99. The topological polar surface area (TPSA) is 55.1 Å². The molecule has 4 fully saturated rings. The standard InChI is InChI=1S/C25H37ClN2O2/c1-23(30)10-11-24(2)16(12-23)4-5-18-19-6-7-21(25(19,3)9-8-20(18)24)22(29)15-28-14-17(26)13-27-28/h13-14,16,18-21,30H,4-12,15H2,1-3H3/t16-,18+,19+,20+,21-,23-,24+,25+/m1/s1. The number of carbonyl (C=O) groups is 1. The van der Waals surface area contributed by atoms with Crippen LogP contribution in [-0.4, -0.2) is 26.3 Å². The minimum atomic E-state index is -0.472. The Hall–Kier alpha value is -0.870. The quantitative estimate of drug-likeness (QED) is 0.684. The van der Waals surface area contributed by atoms with E-state index in [1.54, 1.807) is 17.1 Å². The molecule has 5 heteroatoms. The lowest BCUT2D eigenvalue weighted by Gasteiger charge is -2.61. The molecule has 1 N–H and O–H groups in total. The molecule has 0 aliphatic heterocycles. The van der Waals surface area contributed by atoms with E-state index in [0.29, 0.717) is 34.6 Å². The van der Waals surface area contributed by atoms with E-state index in [-0.39, 0.29) is 11.3 Å². The molecule has 4 saturated carbocycles. The third kappa shape index (κ3) is 3.20. The van der Waals surface area contributed by atoms with Crippen LogP contribution in [0.5, 0.6) is 0 Å². The maximum Gasteiger partial charge on any atom is 0.157 e. The maximum absolute atomic E-state index is 13.3. The van der Waals surface area contributed by atoms with Crippen molar-refractivity contribution in [2.24, 2.45) is 40.4 Å². The lowest BCUT2D eigenvalue weighted by atomic mass is 9.44. The first-order valence-corrected chi connectivity index (χ1v) is 12.4. The second kappa shape index (κ2) is 7.07. The van der Waals surface area contributed by atoms with Gasteiger partial charge in [-0.3, -0.25) is 9.48 Å². The molecule has 0 saturated heterocycles. The zero-order chi connectivity index (χ0) is 21.3. The van der Waals surface area contributed by atoms with Gasteiger partial charge in [-0.1, -0.05) is 25.4 Å². The number of aliphatic hydroxyl groups is 1. The lowest BCUT2D eigenvalue weighted by molar-refractivity contribution is -0.151. The van der Waals surface area contributed by atoms with Gasteiger partial charge in [0.05, 0.1) is 23.4 Å². The van der Waals surface area contributed by atoms with Gasteiger partial charge in [0.25, 0.3) is 0 Å². The summed E-state index contributed by atoms with van der Waals surface area (Å²) in [6.45, 7) is 7.34. The molecule has 0 spiro atoms. The van der Waals surface area contributed by atoms with Crippen LogP contribution in [0.4, 0.5) is 0 Å². The average Bonchev–Trinajstić information content (AvgIpc) is 3.24. The van der Waals surface area contributed by atoms with Crippen molar-refractivity contribution in [2.75, 3.05) is 0 Å². The zero-order valence-electron chi connectivity index (χ0n) is 18.7. The number of Topliss-reactive ketones (excluding diaryl/α,β-unsaturated/α-hetero) is 1. The van der Waals surface area contributed by atoms with Crippen molar-refractivity contribution in [1.82, 2.24) is 9.78 Å². The first-order chi connectivity index (χ1) is 14.1. The molecule has 0 bridgehead atoms. The van der Waals surface area contributed by atoms with E-state index in [1.807, 2.05) is 6.92 Å². The number of halogens is 1. The van der Waals surface area contributed by atoms with Crippen molar-refractivity contribution in [3.63, 3.8) is 0 Å². The number of aromatic nitrogens is 2. The highest BCUT2D eigenvalue weighted by atomic mass is 35.5. The maximum atomic E-state index is 13.3. The summed E-state index contributed by atoms with van der Waals surface area (Å²) < 4.78 is 1.70. The van der Waals surface area contributed by atoms with Gasteiger partial charge in [-0.2, -0.15) is 5.10 Å². The number of rotatable bonds is 3. The van der Waals surface area contributed by atoms with Gasteiger partial charge >= 0.3 is 0 Å². The number of fused-ring (bicyclic) bond motifs is 5. The molecule has 0 aromatic carbocycles. The molecule has 0 radical (unpaired) electrons. The van der Waals surface area contributed by atoms with Gasteiger partial charge < -0.3 is 5.11 Å². The van der Waals surface area contributed by atoms with Crippen molar-refractivity contribution in [2.45, 2.75) is 90.7 Å². The molecule has 0 amide bonds. The predicted molar refractivity (Wildman–Crippen MR) is 118 cm³/mol. The molecule has 30 heavy (non-hydrogen) atoms. The fraction of sp³-hybridized carbons (Fsp3) is 0.840. The smallest absolute Gasteiger partial charge is 0.157 e. The minimum Gasteiger partial charge on any atom is -0.390 e. The Kier molecular flexibility index (Phi) is 4.95. The number of hydrogen-bond donors (Lipinski definition) is 1. The van der Waals surface area contributed by atoms with Crippen molar-refractivity contribution in [3.05, 3.63) is 17.4 Å². The molecule has 4 nitrogen and oxygen atoms in total. The summed E-state index contributed by atoms with van der Waals surface area (Å²) in [6, 6.07) is 0. The third-order valence-electron chi connectivity index (χ3n) is 10.3. The summed E-state index contributed by atoms with van der Waals surface area (Å²) in [7, 11) is 0. The van der Waals surface area contributed by atoms with Crippen molar-refractivity contribution >= 4 is 17.4 Å². The summed E-state index contributed by atoms with van der Waals surface area (Å²) in [5, 5.41) is 15.5. The predicted octanol–water partition coefficient (Wildman–Crippen LogP) is 5.52. The molecule has 4 aliphatic rings. The van der Waals surface area contributed by atoms with E-state index in [4.69, 9.17) is 11.6 Å². The Labute approximate surface area is 185 Å². The van der Waals surface area contributed by atoms with E-state index in [1.165, 1.54) is 32.1 Å². The SMILES string of the molecule is C[C@@]1(O)CC[C@@]2(C)[C@H](CC[C@@H]3[C@@H]2CC[C@]2(C)[C@@H](C(=O)Cn4cc(Cl)cn4)CC[C@@H]32)C1. The van der Waals surface area contributed by atoms with Crippen molar-refractivity contribution < 1.29 is 9.90 Å². The first-order valence-electron chi connectivity index (χ1n) is 12.1. The molecule has 1 aromatic heterocycles. The highest BCUT2D eigenvalue weighted by molar-refractivity contribution is 6.30. The molecule has 8 atom stereocenters. The molecule has 166 valence electrons. The van der Waals surface area contributed by atoms with Crippen molar-refractivity contribution in [3.8, 4) is 0 Å². The van der Waals surface area contributed by atoms with Gasteiger partial charge in [-0.25, -0.2) is 0 Å². The number of nitrogens with zero attached hydrogens (tertiary/aromatic N) is 2. The van der Waals surface area contributed by atoms with Crippen LogP contribution in [0.3, 0.4) is 0 Å². The largest absolute Gasteiger partial charge is 0.390 e. The molecule has 1 aromatic rings. The van der Waals surface area contributed by atoms with E-state index >= 15 is 0 Å². The normalized spacial score (nSPS) is 48.0. The first kappa shape index (κ1) is 21.0. The highest BCUT2D eigenvalue weighted by Crippen LogP contribution is 2.68. The lowest BCUT2D eigenvalue weighted by Crippen LogP contribution is -2.55. The molecule has 0 unspecified atom stereocenters. The fourth-order valence-corrected chi connectivity index (χ4v) is 8.81.